The van der Waals surface area contributed by atoms with Crippen LogP contribution in [0.15, 0.2) is 54.2 Å². The summed E-state index contributed by atoms with van der Waals surface area (Å²) in [5.74, 6) is -1.37. The predicted octanol–water partition coefficient (Wildman–Crippen LogP) is 3.22. The fraction of sp³-hybridized carbons (Fsp3) is 0.292. The van der Waals surface area contributed by atoms with E-state index in [0.29, 0.717) is 17.9 Å². The SMILES string of the molecule is CCCCOc1ccc(C(=O)N/C(=C/c2cccc([N+](=O)[O-])c2)C(=O)NCC(=O)OCC)cc1. The zero-order chi connectivity index (χ0) is 24.9. The van der Waals surface area contributed by atoms with Gasteiger partial charge >= 0.3 is 5.97 Å². The Balaban J connectivity index is 2.22. The van der Waals surface area contributed by atoms with Gasteiger partial charge in [0.05, 0.1) is 18.1 Å². The minimum atomic E-state index is -0.757. The van der Waals surface area contributed by atoms with Crippen LogP contribution in [0.25, 0.3) is 6.08 Å². The number of nitro benzene ring substituents is 1. The monoisotopic (exact) mass is 469 g/mol. The van der Waals surface area contributed by atoms with Crippen molar-refractivity contribution in [1.82, 2.24) is 10.6 Å². The van der Waals surface area contributed by atoms with E-state index in [9.17, 15) is 24.5 Å². The molecule has 180 valence electrons. The smallest absolute Gasteiger partial charge is 0.325 e. The molecule has 0 unspecified atom stereocenters. The molecule has 0 aliphatic carbocycles. The molecule has 0 fully saturated rings. The third-order valence-corrected chi connectivity index (χ3v) is 4.47. The summed E-state index contributed by atoms with van der Waals surface area (Å²) in [6, 6.07) is 12.0. The Hall–Kier alpha value is -4.21. The lowest BCUT2D eigenvalue weighted by atomic mass is 10.1. The van der Waals surface area contributed by atoms with Gasteiger partial charge < -0.3 is 20.1 Å². The van der Waals surface area contributed by atoms with Crippen LogP contribution in [0.1, 0.15) is 42.6 Å². The van der Waals surface area contributed by atoms with Crippen molar-refractivity contribution in [1.29, 1.82) is 0 Å². The Morgan fingerprint density at radius 1 is 1.09 bits per heavy atom. The van der Waals surface area contributed by atoms with Gasteiger partial charge in [-0.2, -0.15) is 0 Å². The number of hydrogen-bond acceptors (Lipinski definition) is 7. The number of hydrogen-bond donors (Lipinski definition) is 2. The Morgan fingerprint density at radius 2 is 1.82 bits per heavy atom. The molecule has 2 aromatic carbocycles. The number of unbranched alkanes of at least 4 members (excludes halogenated alkanes) is 1. The summed E-state index contributed by atoms with van der Waals surface area (Å²) < 4.78 is 10.4. The van der Waals surface area contributed by atoms with E-state index in [-0.39, 0.29) is 23.6 Å². The summed E-state index contributed by atoms with van der Waals surface area (Å²) >= 11 is 0. The normalized spacial score (nSPS) is 10.8. The van der Waals surface area contributed by atoms with Gasteiger partial charge in [-0.1, -0.05) is 25.5 Å². The summed E-state index contributed by atoms with van der Waals surface area (Å²) in [5.41, 5.74) is 0.213. The van der Waals surface area contributed by atoms with Gasteiger partial charge in [0.2, 0.25) is 0 Å². The van der Waals surface area contributed by atoms with Gasteiger partial charge in [-0.05, 0) is 49.2 Å². The van der Waals surface area contributed by atoms with Crippen LogP contribution in [0.4, 0.5) is 5.69 Å². The highest BCUT2D eigenvalue weighted by Gasteiger charge is 2.17. The Morgan fingerprint density at radius 3 is 2.47 bits per heavy atom. The number of ether oxygens (including phenoxy) is 2. The van der Waals surface area contributed by atoms with Crippen LogP contribution in [0.2, 0.25) is 0 Å². The van der Waals surface area contributed by atoms with Crippen molar-refractivity contribution in [2.45, 2.75) is 26.7 Å². The Labute approximate surface area is 197 Å². The third-order valence-electron chi connectivity index (χ3n) is 4.47. The van der Waals surface area contributed by atoms with Crippen LogP contribution in [0.5, 0.6) is 5.75 Å². The summed E-state index contributed by atoms with van der Waals surface area (Å²) in [6.45, 7) is 4.00. The quantitative estimate of drug-likeness (QED) is 0.160. The van der Waals surface area contributed by atoms with Gasteiger partial charge in [-0.25, -0.2) is 0 Å². The summed E-state index contributed by atoms with van der Waals surface area (Å²) in [7, 11) is 0. The molecule has 0 radical (unpaired) electrons. The number of benzene rings is 2. The van der Waals surface area contributed by atoms with Crippen LogP contribution in [-0.2, 0) is 14.3 Å². The lowest BCUT2D eigenvalue weighted by Gasteiger charge is -2.12. The second-order valence-electron chi connectivity index (χ2n) is 7.08. The number of amides is 2. The van der Waals surface area contributed by atoms with Crippen molar-refractivity contribution < 1.29 is 28.8 Å². The molecule has 0 atom stereocenters. The topological polar surface area (TPSA) is 137 Å². The number of nitro groups is 1. The molecule has 0 aliphatic heterocycles. The number of rotatable bonds is 12. The zero-order valence-electron chi connectivity index (χ0n) is 19.0. The van der Waals surface area contributed by atoms with Crippen molar-refractivity contribution in [3.8, 4) is 5.75 Å². The maximum atomic E-state index is 12.8. The summed E-state index contributed by atoms with van der Waals surface area (Å²) in [4.78, 5) is 47.5. The zero-order valence-corrected chi connectivity index (χ0v) is 19.0. The standard InChI is InChI=1S/C24H27N3O7/c1-3-5-13-34-20-11-9-18(10-12-20)23(29)26-21(24(30)25-16-22(28)33-4-2)15-17-7-6-8-19(14-17)27(31)32/h6-12,14-15H,3-5,13,16H2,1-2H3,(H,25,30)(H,26,29)/b21-15+. The van der Waals surface area contributed by atoms with Gasteiger partial charge in [-0.15, -0.1) is 0 Å². The first kappa shape index (κ1) is 26.0. The number of nitrogens with one attached hydrogen (secondary N) is 2. The van der Waals surface area contributed by atoms with Gasteiger partial charge in [0.1, 0.15) is 18.0 Å². The summed E-state index contributed by atoms with van der Waals surface area (Å²) in [6.07, 6.45) is 3.20. The van der Waals surface area contributed by atoms with Crippen molar-refractivity contribution in [3.63, 3.8) is 0 Å². The molecule has 2 N–H and O–H groups in total. The molecule has 2 aromatic rings. The van der Waals surface area contributed by atoms with Crippen molar-refractivity contribution in [3.05, 3.63) is 75.5 Å². The van der Waals surface area contributed by atoms with E-state index in [1.807, 2.05) is 0 Å². The molecule has 0 spiro atoms. The molecule has 34 heavy (non-hydrogen) atoms. The third kappa shape index (κ3) is 8.38. The highest BCUT2D eigenvalue weighted by Crippen LogP contribution is 2.16. The van der Waals surface area contributed by atoms with Crippen molar-refractivity contribution in [2.75, 3.05) is 19.8 Å². The minimum absolute atomic E-state index is 0.153. The molecule has 2 rings (SSSR count). The number of nitrogens with zero attached hydrogens (tertiary/aromatic N) is 1. The second kappa shape index (κ2) is 13.4. The highest BCUT2D eigenvalue weighted by atomic mass is 16.6. The molecule has 0 aromatic heterocycles. The number of esters is 1. The van der Waals surface area contributed by atoms with Crippen LogP contribution < -0.4 is 15.4 Å². The van der Waals surface area contributed by atoms with E-state index >= 15 is 0 Å². The van der Waals surface area contributed by atoms with E-state index < -0.39 is 29.3 Å². The van der Waals surface area contributed by atoms with Gasteiger partial charge in [0.25, 0.3) is 17.5 Å². The van der Waals surface area contributed by atoms with Crippen LogP contribution in [-0.4, -0.2) is 42.5 Å². The van der Waals surface area contributed by atoms with E-state index in [1.54, 1.807) is 37.3 Å². The molecule has 2 amide bonds. The first-order valence-corrected chi connectivity index (χ1v) is 10.8. The minimum Gasteiger partial charge on any atom is -0.494 e. The van der Waals surface area contributed by atoms with Crippen LogP contribution in [0.3, 0.4) is 0 Å². The maximum absolute atomic E-state index is 12.8. The lowest BCUT2D eigenvalue weighted by molar-refractivity contribution is -0.384. The van der Waals surface area contributed by atoms with Gasteiger partial charge in [-0.3, -0.25) is 24.5 Å². The average molecular weight is 469 g/mol. The molecular formula is C24H27N3O7. The molecule has 10 nitrogen and oxygen atoms in total. The van der Waals surface area contributed by atoms with E-state index in [2.05, 4.69) is 17.6 Å². The van der Waals surface area contributed by atoms with E-state index in [0.717, 1.165) is 12.8 Å². The molecule has 0 heterocycles. The van der Waals surface area contributed by atoms with Crippen molar-refractivity contribution >= 4 is 29.5 Å². The molecular weight excluding hydrogens is 442 g/mol. The Bertz CT molecular complexity index is 1050. The highest BCUT2D eigenvalue weighted by molar-refractivity contribution is 6.05. The van der Waals surface area contributed by atoms with E-state index in [1.165, 1.54) is 24.3 Å². The number of non-ortho nitro benzene ring substituents is 1. The van der Waals surface area contributed by atoms with Gasteiger partial charge in [0, 0.05) is 17.7 Å². The molecule has 10 heteroatoms. The van der Waals surface area contributed by atoms with Crippen LogP contribution in [0, 0.1) is 10.1 Å². The first-order valence-electron chi connectivity index (χ1n) is 10.8. The fourth-order valence-corrected chi connectivity index (χ4v) is 2.74. The first-order chi connectivity index (χ1) is 16.3. The lowest BCUT2D eigenvalue weighted by Crippen LogP contribution is -2.37. The fourth-order valence-electron chi connectivity index (χ4n) is 2.74. The van der Waals surface area contributed by atoms with E-state index in [4.69, 9.17) is 9.47 Å². The number of carbonyl (C=O) groups excluding carboxylic acids is 3. The second-order valence-corrected chi connectivity index (χ2v) is 7.08. The molecule has 0 saturated heterocycles. The molecule has 0 saturated carbocycles. The largest absolute Gasteiger partial charge is 0.494 e. The number of carbonyl (C=O) groups is 3. The predicted molar refractivity (Wildman–Crippen MR) is 125 cm³/mol. The van der Waals surface area contributed by atoms with Crippen LogP contribution >= 0.6 is 0 Å². The molecule has 0 bridgehead atoms. The Kier molecular flexibility index (Phi) is 10.2. The van der Waals surface area contributed by atoms with Gasteiger partial charge in [0.15, 0.2) is 0 Å². The maximum Gasteiger partial charge on any atom is 0.325 e. The average Bonchev–Trinajstić information content (AvgIpc) is 2.83. The van der Waals surface area contributed by atoms with Crippen molar-refractivity contribution in [2.24, 2.45) is 0 Å². The molecule has 0 aliphatic rings. The summed E-state index contributed by atoms with van der Waals surface area (Å²) in [5, 5.41) is 15.9.